The summed E-state index contributed by atoms with van der Waals surface area (Å²) in [5, 5.41) is 0. The molecule has 1 atom stereocenters. The molecule has 1 radical (unpaired) electrons. The highest BCUT2D eigenvalue weighted by molar-refractivity contribution is 5.49. The van der Waals surface area contributed by atoms with Crippen molar-refractivity contribution in [1.29, 1.82) is 0 Å². The van der Waals surface area contributed by atoms with Crippen molar-refractivity contribution >= 4 is 6.41 Å². The maximum Gasteiger partial charge on any atom is 0.312 e. The average Bonchev–Trinajstić information content (AvgIpc) is 2.34. The van der Waals surface area contributed by atoms with Crippen LogP contribution in [0, 0.1) is 0 Å². The topological polar surface area (TPSA) is 23.6 Å². The van der Waals surface area contributed by atoms with Crippen LogP contribution in [0.1, 0.15) is 46.0 Å². The van der Waals surface area contributed by atoms with Crippen LogP contribution in [-0.4, -0.2) is 48.4 Å². The minimum absolute atomic E-state index is 0.406. The fraction of sp³-hybridized carbons (Fsp3) is 0.923. The molecule has 16 heavy (non-hydrogen) atoms. The van der Waals surface area contributed by atoms with Gasteiger partial charge in [0.25, 0.3) is 0 Å². The monoisotopic (exact) mass is 225 g/mol. The fourth-order valence-electron chi connectivity index (χ4n) is 2.37. The summed E-state index contributed by atoms with van der Waals surface area (Å²) in [4.78, 5) is 15.2. The van der Waals surface area contributed by atoms with E-state index in [0.29, 0.717) is 6.04 Å². The quantitative estimate of drug-likeness (QED) is 0.662. The summed E-state index contributed by atoms with van der Waals surface area (Å²) in [6.45, 7) is 8.61. The van der Waals surface area contributed by atoms with Gasteiger partial charge in [0.1, 0.15) is 0 Å². The highest BCUT2D eigenvalue weighted by atomic mass is 16.1. The molecule has 0 aliphatic carbocycles. The van der Waals surface area contributed by atoms with Crippen molar-refractivity contribution in [3.63, 3.8) is 0 Å². The van der Waals surface area contributed by atoms with Crippen molar-refractivity contribution in [3.8, 4) is 0 Å². The van der Waals surface area contributed by atoms with E-state index >= 15 is 0 Å². The molecular formula is C13H25N2O. The summed E-state index contributed by atoms with van der Waals surface area (Å²) in [6.07, 6.45) is 8.15. The van der Waals surface area contributed by atoms with Crippen LogP contribution in [0.25, 0.3) is 0 Å². The molecule has 0 aromatic heterocycles. The Labute approximate surface area is 99.8 Å². The van der Waals surface area contributed by atoms with Crippen LogP contribution in [0.3, 0.4) is 0 Å². The number of amides is 1. The van der Waals surface area contributed by atoms with Crippen LogP contribution < -0.4 is 0 Å². The second-order valence-corrected chi connectivity index (χ2v) is 4.68. The number of unbranched alkanes of at least 4 members (excludes halogenated alkanes) is 1. The molecule has 1 unspecified atom stereocenters. The maximum atomic E-state index is 10.8. The first-order valence-electron chi connectivity index (χ1n) is 6.68. The predicted octanol–water partition coefficient (Wildman–Crippen LogP) is 2.03. The second-order valence-electron chi connectivity index (χ2n) is 4.68. The van der Waals surface area contributed by atoms with Gasteiger partial charge in [0.15, 0.2) is 0 Å². The minimum Gasteiger partial charge on any atom is -0.330 e. The second kappa shape index (κ2) is 7.66. The van der Waals surface area contributed by atoms with Gasteiger partial charge in [-0.3, -0.25) is 4.79 Å². The third-order valence-corrected chi connectivity index (χ3v) is 3.49. The molecule has 1 heterocycles. The van der Waals surface area contributed by atoms with Gasteiger partial charge in [0.2, 0.25) is 0 Å². The molecule has 0 bridgehead atoms. The number of hydrogen-bond acceptors (Lipinski definition) is 2. The Hall–Kier alpha value is -0.570. The third-order valence-electron chi connectivity index (χ3n) is 3.49. The van der Waals surface area contributed by atoms with E-state index in [4.69, 9.17) is 0 Å². The summed E-state index contributed by atoms with van der Waals surface area (Å²) >= 11 is 0. The van der Waals surface area contributed by atoms with Crippen LogP contribution in [-0.2, 0) is 4.79 Å². The van der Waals surface area contributed by atoms with Crippen molar-refractivity contribution in [3.05, 3.63) is 0 Å². The molecule has 1 rings (SSSR count). The van der Waals surface area contributed by atoms with E-state index in [-0.39, 0.29) is 0 Å². The molecule has 1 fully saturated rings. The number of rotatable bonds is 7. The lowest BCUT2D eigenvalue weighted by Crippen LogP contribution is -2.46. The molecule has 3 nitrogen and oxygen atoms in total. The summed E-state index contributed by atoms with van der Waals surface area (Å²) < 4.78 is 0. The maximum absolute atomic E-state index is 10.8. The van der Waals surface area contributed by atoms with Gasteiger partial charge in [-0.2, -0.15) is 0 Å². The normalized spacial score (nSPS) is 21.4. The molecule has 0 aromatic rings. The Kier molecular flexibility index (Phi) is 6.46. The number of nitrogens with zero attached hydrogens (tertiary/aromatic N) is 2. The average molecular weight is 225 g/mol. The highest BCUT2D eigenvalue weighted by Gasteiger charge is 2.23. The molecule has 0 aromatic carbocycles. The first kappa shape index (κ1) is 13.5. The molecule has 1 saturated heterocycles. The minimum atomic E-state index is 0.406. The van der Waals surface area contributed by atoms with Crippen molar-refractivity contribution in [2.24, 2.45) is 0 Å². The van der Waals surface area contributed by atoms with Gasteiger partial charge >= 0.3 is 6.41 Å². The Morgan fingerprint density at radius 2 is 2.19 bits per heavy atom. The Morgan fingerprint density at radius 3 is 2.81 bits per heavy atom. The number of likely N-dealkylation sites (N-methyl/N-ethyl adjacent to an activating group) is 1. The van der Waals surface area contributed by atoms with E-state index < -0.39 is 0 Å². The smallest absolute Gasteiger partial charge is 0.312 e. The molecule has 3 heteroatoms. The van der Waals surface area contributed by atoms with Crippen LogP contribution in [0.2, 0.25) is 0 Å². The molecule has 1 aliphatic rings. The van der Waals surface area contributed by atoms with Gasteiger partial charge in [0, 0.05) is 19.1 Å². The largest absolute Gasteiger partial charge is 0.330 e. The zero-order valence-electron chi connectivity index (χ0n) is 10.7. The summed E-state index contributed by atoms with van der Waals surface area (Å²) in [5.41, 5.74) is 0. The number of hydrogen-bond donors (Lipinski definition) is 0. The van der Waals surface area contributed by atoms with Gasteiger partial charge in [-0.05, 0) is 38.8 Å². The van der Waals surface area contributed by atoms with Gasteiger partial charge in [-0.15, -0.1) is 0 Å². The van der Waals surface area contributed by atoms with Crippen LogP contribution in [0.15, 0.2) is 0 Å². The zero-order valence-corrected chi connectivity index (χ0v) is 10.7. The first-order chi connectivity index (χ1) is 7.81. The Balaban J connectivity index is 2.38. The Morgan fingerprint density at radius 1 is 1.38 bits per heavy atom. The summed E-state index contributed by atoms with van der Waals surface area (Å²) in [6, 6.07) is 0.406. The number of likely N-dealkylation sites (tertiary alicyclic amines) is 1. The molecule has 0 saturated carbocycles. The van der Waals surface area contributed by atoms with Crippen LogP contribution >= 0.6 is 0 Å². The predicted molar refractivity (Wildman–Crippen MR) is 67.1 cm³/mol. The lowest BCUT2D eigenvalue weighted by atomic mass is 10.0. The van der Waals surface area contributed by atoms with E-state index in [9.17, 15) is 4.79 Å². The third kappa shape index (κ3) is 4.12. The summed E-state index contributed by atoms with van der Waals surface area (Å²) in [5.74, 6) is 0. The van der Waals surface area contributed by atoms with Crippen molar-refractivity contribution < 1.29 is 4.79 Å². The lowest BCUT2D eigenvalue weighted by Gasteiger charge is -2.35. The fourth-order valence-corrected chi connectivity index (χ4v) is 2.37. The van der Waals surface area contributed by atoms with Gasteiger partial charge in [0.05, 0.1) is 0 Å². The van der Waals surface area contributed by atoms with Gasteiger partial charge in [-0.1, -0.05) is 20.3 Å². The molecule has 93 valence electrons. The van der Waals surface area contributed by atoms with E-state index in [0.717, 1.165) is 39.0 Å². The van der Waals surface area contributed by atoms with Crippen molar-refractivity contribution in [2.75, 3.05) is 26.2 Å². The van der Waals surface area contributed by atoms with Gasteiger partial charge < -0.3 is 9.80 Å². The molecule has 0 N–H and O–H groups in total. The standard InChI is InChI=1S/C13H25N2O/c1-3-5-9-14(4-2)11-13-8-6-7-10-15(13)12-16/h13H,3-11H2,1-2H3. The first-order valence-corrected chi connectivity index (χ1v) is 6.68. The SMILES string of the molecule is CCCCN(CC)CC1CCCCN1[C]=O. The zero-order chi connectivity index (χ0) is 11.8. The van der Waals surface area contributed by atoms with Gasteiger partial charge in [-0.25, -0.2) is 0 Å². The van der Waals surface area contributed by atoms with Crippen molar-refractivity contribution in [1.82, 2.24) is 9.80 Å². The lowest BCUT2D eigenvalue weighted by molar-refractivity contribution is 0.160. The molecule has 0 spiro atoms. The van der Waals surface area contributed by atoms with Crippen LogP contribution in [0.4, 0.5) is 0 Å². The van der Waals surface area contributed by atoms with E-state index in [1.807, 2.05) is 4.90 Å². The van der Waals surface area contributed by atoms with Crippen molar-refractivity contribution in [2.45, 2.75) is 52.0 Å². The van der Waals surface area contributed by atoms with E-state index in [1.165, 1.54) is 19.3 Å². The molecule has 1 aliphatic heterocycles. The molecular weight excluding hydrogens is 200 g/mol. The van der Waals surface area contributed by atoms with E-state index in [2.05, 4.69) is 25.2 Å². The number of piperidine rings is 1. The molecule has 1 amide bonds. The van der Waals surface area contributed by atoms with Crippen LogP contribution in [0.5, 0.6) is 0 Å². The Bertz CT molecular complexity index is 196. The summed E-state index contributed by atoms with van der Waals surface area (Å²) in [7, 11) is 0. The highest BCUT2D eigenvalue weighted by Crippen LogP contribution is 2.16. The van der Waals surface area contributed by atoms with E-state index in [1.54, 1.807) is 0 Å². The number of carbonyl (C=O) groups excluding carboxylic acids is 1.